The molecule has 0 aliphatic heterocycles. The van der Waals surface area contributed by atoms with Gasteiger partial charge in [-0.1, -0.05) is 37.3 Å². The van der Waals surface area contributed by atoms with E-state index in [1.54, 1.807) is 14.2 Å². The third-order valence-corrected chi connectivity index (χ3v) is 3.64. The molecule has 0 fully saturated rings. The largest absolute Gasteiger partial charge is 0.493 e. The van der Waals surface area contributed by atoms with Gasteiger partial charge < -0.3 is 14.6 Å². The van der Waals surface area contributed by atoms with Crippen molar-refractivity contribution in [2.75, 3.05) is 14.2 Å². The first-order chi connectivity index (χ1) is 10.6. The zero-order chi connectivity index (χ0) is 16.1. The second-order valence-electron chi connectivity index (χ2n) is 5.17. The fourth-order valence-electron chi connectivity index (χ4n) is 2.48. The van der Waals surface area contributed by atoms with Crippen LogP contribution in [0.2, 0.25) is 0 Å². The summed E-state index contributed by atoms with van der Waals surface area (Å²) in [7, 11) is 3.18. The number of aliphatic carboxylic acids is 1. The lowest BCUT2D eigenvalue weighted by Crippen LogP contribution is -2.04. The molecule has 4 heteroatoms. The summed E-state index contributed by atoms with van der Waals surface area (Å²) in [6.07, 6.45) is 0.0731. The van der Waals surface area contributed by atoms with E-state index in [1.807, 2.05) is 49.4 Å². The van der Waals surface area contributed by atoms with Gasteiger partial charge in [0.05, 0.1) is 20.6 Å². The minimum absolute atomic E-state index is 0.0731. The number of carboxylic acids is 1. The number of methoxy groups -OCH3 is 2. The monoisotopic (exact) mass is 300 g/mol. The molecule has 0 saturated carbocycles. The average Bonchev–Trinajstić information content (AvgIpc) is 2.53. The number of hydrogen-bond donors (Lipinski definition) is 1. The molecule has 0 spiro atoms. The number of carbonyl (C=O) groups is 1. The normalized spacial score (nSPS) is 11.8. The van der Waals surface area contributed by atoms with E-state index >= 15 is 0 Å². The Balaban J connectivity index is 2.57. The van der Waals surface area contributed by atoms with Gasteiger partial charge in [-0.2, -0.15) is 0 Å². The van der Waals surface area contributed by atoms with Gasteiger partial charge in [0.15, 0.2) is 11.5 Å². The molecule has 22 heavy (non-hydrogen) atoms. The molecule has 4 nitrogen and oxygen atoms in total. The third kappa shape index (κ3) is 3.39. The van der Waals surface area contributed by atoms with E-state index in [9.17, 15) is 4.79 Å². The average molecular weight is 300 g/mol. The lowest BCUT2D eigenvalue weighted by Gasteiger charge is -2.18. The minimum atomic E-state index is -0.816. The van der Waals surface area contributed by atoms with Crippen LogP contribution in [0.1, 0.15) is 24.8 Å². The molecule has 0 aliphatic rings. The second kappa shape index (κ2) is 6.98. The zero-order valence-electron chi connectivity index (χ0n) is 13.0. The van der Waals surface area contributed by atoms with Crippen molar-refractivity contribution in [3.63, 3.8) is 0 Å². The van der Waals surface area contributed by atoms with Gasteiger partial charge in [-0.25, -0.2) is 0 Å². The van der Waals surface area contributed by atoms with Crippen LogP contribution in [0, 0.1) is 0 Å². The van der Waals surface area contributed by atoms with E-state index in [-0.39, 0.29) is 12.3 Å². The summed E-state index contributed by atoms with van der Waals surface area (Å²) in [6.45, 7) is 1.89. The molecule has 1 unspecified atom stereocenters. The molecular formula is C18H20O4. The Bertz CT molecular complexity index is 650. The van der Waals surface area contributed by atoms with E-state index in [4.69, 9.17) is 14.6 Å². The highest BCUT2D eigenvalue weighted by atomic mass is 16.5. The van der Waals surface area contributed by atoms with Crippen LogP contribution in [-0.4, -0.2) is 25.3 Å². The molecule has 2 aromatic rings. The molecule has 0 bridgehead atoms. The summed E-state index contributed by atoms with van der Waals surface area (Å²) in [6, 6.07) is 13.7. The molecule has 1 atom stereocenters. The van der Waals surface area contributed by atoms with Gasteiger partial charge in [0, 0.05) is 5.56 Å². The number of hydrogen-bond acceptors (Lipinski definition) is 3. The lowest BCUT2D eigenvalue weighted by atomic mass is 9.93. The van der Waals surface area contributed by atoms with Crippen molar-refractivity contribution in [2.24, 2.45) is 0 Å². The SMILES string of the molecule is COc1cc(C(C)CC(=O)O)cc(-c2ccccc2)c1OC. The van der Waals surface area contributed by atoms with Crippen LogP contribution in [0.25, 0.3) is 11.1 Å². The van der Waals surface area contributed by atoms with Crippen LogP contribution in [0.3, 0.4) is 0 Å². The molecule has 0 saturated heterocycles. The quantitative estimate of drug-likeness (QED) is 0.877. The van der Waals surface area contributed by atoms with Gasteiger partial charge in [-0.05, 0) is 29.2 Å². The van der Waals surface area contributed by atoms with Crippen molar-refractivity contribution in [2.45, 2.75) is 19.3 Å². The maximum Gasteiger partial charge on any atom is 0.303 e. The van der Waals surface area contributed by atoms with Gasteiger partial charge in [-0.3, -0.25) is 4.79 Å². The molecule has 0 radical (unpaired) electrons. The van der Waals surface area contributed by atoms with Crippen LogP contribution < -0.4 is 9.47 Å². The standard InChI is InChI=1S/C18H20O4/c1-12(9-17(19)20)14-10-15(13-7-5-4-6-8-13)18(22-3)16(11-14)21-2/h4-8,10-12H,9H2,1-3H3,(H,19,20). The smallest absolute Gasteiger partial charge is 0.303 e. The second-order valence-corrected chi connectivity index (χ2v) is 5.17. The van der Waals surface area contributed by atoms with E-state index in [2.05, 4.69) is 0 Å². The number of benzene rings is 2. The Kier molecular flexibility index (Phi) is 5.04. The molecule has 1 N–H and O–H groups in total. The van der Waals surface area contributed by atoms with Crippen molar-refractivity contribution >= 4 is 5.97 Å². The van der Waals surface area contributed by atoms with Crippen molar-refractivity contribution in [1.29, 1.82) is 0 Å². The summed E-state index contributed by atoms with van der Waals surface area (Å²) in [5.41, 5.74) is 2.82. The van der Waals surface area contributed by atoms with E-state index in [1.165, 1.54) is 0 Å². The Morgan fingerprint density at radius 1 is 1.14 bits per heavy atom. The summed E-state index contributed by atoms with van der Waals surface area (Å²) in [5, 5.41) is 9.00. The maximum absolute atomic E-state index is 11.0. The fraction of sp³-hybridized carbons (Fsp3) is 0.278. The van der Waals surface area contributed by atoms with Crippen molar-refractivity contribution in [3.05, 3.63) is 48.0 Å². The third-order valence-electron chi connectivity index (χ3n) is 3.64. The Hall–Kier alpha value is -2.49. The highest BCUT2D eigenvalue weighted by Gasteiger charge is 2.18. The van der Waals surface area contributed by atoms with Crippen LogP contribution in [0.15, 0.2) is 42.5 Å². The number of carboxylic acid groups (broad SMARTS) is 1. The van der Waals surface area contributed by atoms with E-state index in [0.29, 0.717) is 11.5 Å². The Morgan fingerprint density at radius 3 is 2.36 bits per heavy atom. The fourth-order valence-corrected chi connectivity index (χ4v) is 2.48. The summed E-state index contributed by atoms with van der Waals surface area (Å²) in [4.78, 5) is 11.0. The molecule has 116 valence electrons. The van der Waals surface area contributed by atoms with Gasteiger partial charge in [0.25, 0.3) is 0 Å². The first-order valence-electron chi connectivity index (χ1n) is 7.10. The summed E-state index contributed by atoms with van der Waals surface area (Å²) in [5.74, 6) is 0.333. The van der Waals surface area contributed by atoms with Crippen LogP contribution in [-0.2, 0) is 4.79 Å². The minimum Gasteiger partial charge on any atom is -0.493 e. The van der Waals surface area contributed by atoms with Gasteiger partial charge in [-0.15, -0.1) is 0 Å². The molecule has 0 aliphatic carbocycles. The highest BCUT2D eigenvalue weighted by molar-refractivity contribution is 5.75. The van der Waals surface area contributed by atoms with Crippen LogP contribution >= 0.6 is 0 Å². The summed E-state index contributed by atoms with van der Waals surface area (Å²) >= 11 is 0. The number of rotatable bonds is 6. The van der Waals surface area contributed by atoms with E-state index in [0.717, 1.165) is 16.7 Å². The highest BCUT2D eigenvalue weighted by Crippen LogP contribution is 2.41. The predicted molar refractivity (Wildman–Crippen MR) is 85.6 cm³/mol. The van der Waals surface area contributed by atoms with E-state index < -0.39 is 5.97 Å². The molecule has 2 rings (SSSR count). The van der Waals surface area contributed by atoms with Gasteiger partial charge >= 0.3 is 5.97 Å². The van der Waals surface area contributed by atoms with Crippen molar-refractivity contribution < 1.29 is 19.4 Å². The van der Waals surface area contributed by atoms with Crippen LogP contribution in [0.4, 0.5) is 0 Å². The summed E-state index contributed by atoms with van der Waals surface area (Å²) < 4.78 is 10.9. The molecule has 0 heterocycles. The predicted octanol–water partition coefficient (Wildman–Crippen LogP) is 3.95. The molecular weight excluding hydrogens is 280 g/mol. The topological polar surface area (TPSA) is 55.8 Å². The first-order valence-corrected chi connectivity index (χ1v) is 7.10. The number of ether oxygens (including phenoxy) is 2. The Labute approximate surface area is 130 Å². The zero-order valence-corrected chi connectivity index (χ0v) is 13.0. The molecule has 2 aromatic carbocycles. The lowest BCUT2D eigenvalue weighted by molar-refractivity contribution is -0.137. The Morgan fingerprint density at radius 2 is 1.82 bits per heavy atom. The van der Waals surface area contributed by atoms with Gasteiger partial charge in [0.1, 0.15) is 0 Å². The molecule has 0 amide bonds. The van der Waals surface area contributed by atoms with Crippen molar-refractivity contribution in [1.82, 2.24) is 0 Å². The molecule has 0 aromatic heterocycles. The van der Waals surface area contributed by atoms with Crippen LogP contribution in [0.5, 0.6) is 11.5 Å². The van der Waals surface area contributed by atoms with Gasteiger partial charge in [0.2, 0.25) is 0 Å². The first kappa shape index (κ1) is 15.9. The maximum atomic E-state index is 11.0. The van der Waals surface area contributed by atoms with Crippen molar-refractivity contribution in [3.8, 4) is 22.6 Å².